The van der Waals surface area contributed by atoms with Crippen LogP contribution in [0.5, 0.6) is 0 Å². The van der Waals surface area contributed by atoms with Gasteiger partial charge in [0.2, 0.25) is 0 Å². The summed E-state index contributed by atoms with van der Waals surface area (Å²) in [6.45, 7) is 0. The summed E-state index contributed by atoms with van der Waals surface area (Å²) in [6, 6.07) is 9.13. The van der Waals surface area contributed by atoms with E-state index in [1.54, 1.807) is 0 Å². The lowest BCUT2D eigenvalue weighted by molar-refractivity contribution is 0.755. The summed E-state index contributed by atoms with van der Waals surface area (Å²) in [7, 11) is 0. The highest BCUT2D eigenvalue weighted by Crippen LogP contribution is 2.23. The van der Waals surface area contributed by atoms with Crippen LogP contribution in [-0.4, -0.2) is 6.04 Å². The predicted molar refractivity (Wildman–Crippen MR) is 60.0 cm³/mol. The van der Waals surface area contributed by atoms with Crippen molar-refractivity contribution in [2.24, 2.45) is 0 Å². The monoisotopic (exact) mass is 239 g/mol. The van der Waals surface area contributed by atoms with E-state index in [4.69, 9.17) is 0 Å². The summed E-state index contributed by atoms with van der Waals surface area (Å²) in [5.41, 5.74) is 1.25. The number of hydrogen-bond acceptors (Lipinski definition) is 1. The maximum Gasteiger partial charge on any atom is 0.0343 e. The highest BCUT2D eigenvalue weighted by Gasteiger charge is 2.13. The van der Waals surface area contributed by atoms with E-state index in [1.807, 2.05) is 0 Å². The Labute approximate surface area is 87.7 Å². The standard InChI is InChI=1S/C11H14BrN/c12-9-5-7-11(8-6-9)13-10-3-1-2-4-10/h5-8,10,13H,1-4H2. The molecular formula is C11H14BrN. The first-order valence-electron chi connectivity index (χ1n) is 4.87. The summed E-state index contributed by atoms with van der Waals surface area (Å²) in [6.07, 6.45) is 5.43. The largest absolute Gasteiger partial charge is 0.382 e. The number of halogens is 1. The van der Waals surface area contributed by atoms with Gasteiger partial charge in [-0.1, -0.05) is 28.8 Å². The average molecular weight is 240 g/mol. The normalized spacial score (nSPS) is 17.6. The van der Waals surface area contributed by atoms with Crippen molar-refractivity contribution in [2.75, 3.05) is 5.32 Å². The topological polar surface area (TPSA) is 12.0 Å². The van der Waals surface area contributed by atoms with Gasteiger partial charge in [0, 0.05) is 16.2 Å². The van der Waals surface area contributed by atoms with Gasteiger partial charge < -0.3 is 5.32 Å². The second-order valence-electron chi connectivity index (χ2n) is 3.63. The van der Waals surface area contributed by atoms with Crippen molar-refractivity contribution >= 4 is 21.6 Å². The maximum atomic E-state index is 3.55. The van der Waals surface area contributed by atoms with E-state index in [9.17, 15) is 0 Å². The van der Waals surface area contributed by atoms with Crippen LogP contribution in [0.15, 0.2) is 28.7 Å². The van der Waals surface area contributed by atoms with Crippen LogP contribution < -0.4 is 5.32 Å². The Morgan fingerprint density at radius 3 is 2.31 bits per heavy atom. The Morgan fingerprint density at radius 2 is 1.69 bits per heavy atom. The van der Waals surface area contributed by atoms with Crippen LogP contribution >= 0.6 is 15.9 Å². The third-order valence-corrected chi connectivity index (χ3v) is 3.10. The fourth-order valence-electron chi connectivity index (χ4n) is 1.85. The fraction of sp³-hybridized carbons (Fsp3) is 0.455. The predicted octanol–water partition coefficient (Wildman–Crippen LogP) is 3.80. The highest BCUT2D eigenvalue weighted by molar-refractivity contribution is 9.10. The SMILES string of the molecule is Brc1ccc(NC2CCCC2)cc1. The number of benzene rings is 1. The summed E-state index contributed by atoms with van der Waals surface area (Å²) in [5, 5.41) is 3.55. The van der Waals surface area contributed by atoms with E-state index in [2.05, 4.69) is 45.5 Å². The van der Waals surface area contributed by atoms with Gasteiger partial charge in [0.1, 0.15) is 0 Å². The molecule has 1 N–H and O–H groups in total. The van der Waals surface area contributed by atoms with Gasteiger partial charge in [0.25, 0.3) is 0 Å². The first kappa shape index (κ1) is 9.07. The lowest BCUT2D eigenvalue weighted by atomic mass is 10.2. The summed E-state index contributed by atoms with van der Waals surface area (Å²) < 4.78 is 1.14. The molecule has 0 aromatic heterocycles. The van der Waals surface area contributed by atoms with E-state index in [1.165, 1.54) is 31.4 Å². The van der Waals surface area contributed by atoms with Gasteiger partial charge >= 0.3 is 0 Å². The molecule has 1 fully saturated rings. The molecule has 0 aliphatic heterocycles. The molecule has 1 aromatic carbocycles. The Bertz CT molecular complexity index is 262. The molecular weight excluding hydrogens is 226 g/mol. The molecule has 1 aromatic rings. The Kier molecular flexibility index (Phi) is 2.89. The van der Waals surface area contributed by atoms with Gasteiger partial charge in [-0.3, -0.25) is 0 Å². The van der Waals surface area contributed by atoms with Gasteiger partial charge in [-0.2, -0.15) is 0 Å². The third kappa shape index (κ3) is 2.47. The van der Waals surface area contributed by atoms with Crippen LogP contribution in [0.4, 0.5) is 5.69 Å². The third-order valence-electron chi connectivity index (χ3n) is 2.57. The molecule has 1 saturated carbocycles. The van der Waals surface area contributed by atoms with Crippen LogP contribution in [-0.2, 0) is 0 Å². The van der Waals surface area contributed by atoms with E-state index >= 15 is 0 Å². The number of nitrogens with one attached hydrogen (secondary N) is 1. The molecule has 0 heterocycles. The van der Waals surface area contributed by atoms with Gasteiger partial charge in [-0.15, -0.1) is 0 Å². The first-order valence-corrected chi connectivity index (χ1v) is 5.66. The van der Waals surface area contributed by atoms with Gasteiger partial charge in [0.15, 0.2) is 0 Å². The van der Waals surface area contributed by atoms with E-state index in [-0.39, 0.29) is 0 Å². The smallest absolute Gasteiger partial charge is 0.0343 e. The van der Waals surface area contributed by atoms with Crippen molar-refractivity contribution in [3.05, 3.63) is 28.7 Å². The number of anilines is 1. The zero-order valence-corrected chi connectivity index (χ0v) is 9.18. The molecule has 1 aliphatic carbocycles. The van der Waals surface area contributed by atoms with Crippen LogP contribution in [0.2, 0.25) is 0 Å². The van der Waals surface area contributed by atoms with Crippen molar-refractivity contribution in [1.29, 1.82) is 0 Å². The zero-order chi connectivity index (χ0) is 9.10. The van der Waals surface area contributed by atoms with Crippen molar-refractivity contribution in [2.45, 2.75) is 31.7 Å². The maximum absolute atomic E-state index is 3.55. The molecule has 0 radical (unpaired) electrons. The van der Waals surface area contributed by atoms with E-state index in [0.29, 0.717) is 6.04 Å². The molecule has 1 nitrogen and oxygen atoms in total. The molecule has 0 saturated heterocycles. The van der Waals surface area contributed by atoms with Crippen LogP contribution in [0.1, 0.15) is 25.7 Å². The van der Waals surface area contributed by atoms with Gasteiger partial charge in [-0.05, 0) is 37.1 Å². The summed E-state index contributed by atoms with van der Waals surface area (Å²) >= 11 is 3.43. The second-order valence-corrected chi connectivity index (χ2v) is 4.55. The van der Waals surface area contributed by atoms with E-state index in [0.717, 1.165) is 4.47 Å². The van der Waals surface area contributed by atoms with Gasteiger partial charge in [-0.25, -0.2) is 0 Å². The molecule has 0 spiro atoms. The molecule has 2 rings (SSSR count). The lowest BCUT2D eigenvalue weighted by Crippen LogP contribution is -2.14. The van der Waals surface area contributed by atoms with Crippen molar-refractivity contribution in [1.82, 2.24) is 0 Å². The highest BCUT2D eigenvalue weighted by atomic mass is 79.9. The zero-order valence-electron chi connectivity index (χ0n) is 7.59. The Hall–Kier alpha value is -0.500. The summed E-state index contributed by atoms with van der Waals surface area (Å²) in [5.74, 6) is 0. The molecule has 70 valence electrons. The van der Waals surface area contributed by atoms with Crippen molar-refractivity contribution in [3.8, 4) is 0 Å². The number of rotatable bonds is 2. The average Bonchev–Trinajstić information content (AvgIpc) is 2.62. The molecule has 1 aliphatic rings. The van der Waals surface area contributed by atoms with E-state index < -0.39 is 0 Å². The first-order chi connectivity index (χ1) is 6.34. The molecule has 2 heteroatoms. The quantitative estimate of drug-likeness (QED) is 0.828. The minimum absolute atomic E-state index is 0.709. The minimum Gasteiger partial charge on any atom is -0.382 e. The molecule has 0 atom stereocenters. The second kappa shape index (κ2) is 4.14. The Balaban J connectivity index is 1.97. The molecule has 0 bridgehead atoms. The molecule has 13 heavy (non-hydrogen) atoms. The van der Waals surface area contributed by atoms with Crippen molar-refractivity contribution < 1.29 is 0 Å². The number of hydrogen-bond donors (Lipinski definition) is 1. The molecule has 0 amide bonds. The lowest BCUT2D eigenvalue weighted by Gasteiger charge is -2.12. The Morgan fingerprint density at radius 1 is 1.08 bits per heavy atom. The van der Waals surface area contributed by atoms with Gasteiger partial charge in [0.05, 0.1) is 0 Å². The van der Waals surface area contributed by atoms with Crippen LogP contribution in [0.3, 0.4) is 0 Å². The molecule has 0 unspecified atom stereocenters. The fourth-order valence-corrected chi connectivity index (χ4v) is 2.12. The summed E-state index contributed by atoms with van der Waals surface area (Å²) in [4.78, 5) is 0. The van der Waals surface area contributed by atoms with Crippen LogP contribution in [0, 0.1) is 0 Å². The van der Waals surface area contributed by atoms with Crippen LogP contribution in [0.25, 0.3) is 0 Å². The van der Waals surface area contributed by atoms with Crippen molar-refractivity contribution in [3.63, 3.8) is 0 Å². The minimum atomic E-state index is 0.709.